The highest BCUT2D eigenvalue weighted by atomic mass is 35.5. The topological polar surface area (TPSA) is 69.1 Å². The van der Waals surface area contributed by atoms with Gasteiger partial charge in [-0.3, -0.25) is 4.79 Å². The summed E-state index contributed by atoms with van der Waals surface area (Å²) in [7, 11) is 0. The highest BCUT2D eigenvalue weighted by Crippen LogP contribution is 2.12. The van der Waals surface area contributed by atoms with Crippen molar-refractivity contribution in [1.29, 1.82) is 0 Å². The molecular formula is C10H13ClN2O. The maximum absolute atomic E-state index is 10.9. The van der Waals surface area contributed by atoms with E-state index < -0.39 is 0 Å². The molecule has 0 aliphatic carbocycles. The lowest BCUT2D eigenvalue weighted by Crippen LogP contribution is -2.31. The fraction of sp³-hybridized carbons (Fsp3) is 0.300. The molecule has 0 bridgehead atoms. The van der Waals surface area contributed by atoms with E-state index in [0.29, 0.717) is 11.4 Å². The Morgan fingerprint density at radius 1 is 1.36 bits per heavy atom. The van der Waals surface area contributed by atoms with Crippen molar-refractivity contribution in [3.8, 4) is 0 Å². The number of carbonyl (C=O) groups excluding carboxylic acids is 1. The molecule has 0 aliphatic rings. The van der Waals surface area contributed by atoms with E-state index in [-0.39, 0.29) is 18.4 Å². The minimum absolute atomic E-state index is 0.276. The lowest BCUT2D eigenvalue weighted by Gasteiger charge is -2.10. The highest BCUT2D eigenvalue weighted by Gasteiger charge is 2.13. The van der Waals surface area contributed by atoms with Gasteiger partial charge in [0, 0.05) is 11.6 Å². The van der Waals surface area contributed by atoms with Gasteiger partial charge < -0.3 is 11.5 Å². The van der Waals surface area contributed by atoms with Gasteiger partial charge in [0.05, 0.1) is 5.92 Å². The maximum Gasteiger partial charge on any atom is 0.222 e. The van der Waals surface area contributed by atoms with Crippen molar-refractivity contribution in [2.45, 2.75) is 6.42 Å². The van der Waals surface area contributed by atoms with E-state index in [1.165, 1.54) is 0 Å². The van der Waals surface area contributed by atoms with Crippen LogP contribution in [0.3, 0.4) is 0 Å². The molecule has 0 radical (unpaired) electrons. The van der Waals surface area contributed by atoms with Crippen LogP contribution < -0.4 is 11.5 Å². The number of hydrogen-bond donors (Lipinski definition) is 2. The molecule has 1 aromatic rings. The van der Waals surface area contributed by atoms with Crippen LogP contribution in [0.25, 0.3) is 0 Å². The SMILES string of the molecule is NCC(Cc1ccc(Cl)cc1)C(N)=O. The van der Waals surface area contributed by atoms with E-state index in [1.807, 2.05) is 12.1 Å². The van der Waals surface area contributed by atoms with Crippen LogP contribution in [0.4, 0.5) is 0 Å². The second-order valence-corrected chi connectivity index (χ2v) is 3.60. The standard InChI is InChI=1S/C10H13ClN2O/c11-9-3-1-7(2-4-9)5-8(6-12)10(13)14/h1-4,8H,5-6,12H2,(H2,13,14). The Hall–Kier alpha value is -1.06. The van der Waals surface area contributed by atoms with Gasteiger partial charge in [0.15, 0.2) is 0 Å². The van der Waals surface area contributed by atoms with Crippen LogP contribution in [0.15, 0.2) is 24.3 Å². The first-order valence-electron chi connectivity index (χ1n) is 4.37. The molecule has 1 rings (SSSR count). The molecule has 3 nitrogen and oxygen atoms in total. The van der Waals surface area contributed by atoms with Crippen molar-refractivity contribution in [3.05, 3.63) is 34.9 Å². The second kappa shape index (κ2) is 4.98. The van der Waals surface area contributed by atoms with Gasteiger partial charge in [-0.05, 0) is 24.1 Å². The molecule has 0 saturated heterocycles. The molecule has 76 valence electrons. The van der Waals surface area contributed by atoms with Gasteiger partial charge in [0.1, 0.15) is 0 Å². The van der Waals surface area contributed by atoms with Crippen molar-refractivity contribution in [2.24, 2.45) is 17.4 Å². The lowest BCUT2D eigenvalue weighted by molar-refractivity contribution is -0.121. The summed E-state index contributed by atoms with van der Waals surface area (Å²) in [4.78, 5) is 10.9. The lowest BCUT2D eigenvalue weighted by atomic mass is 9.99. The molecule has 1 amide bonds. The van der Waals surface area contributed by atoms with Crippen molar-refractivity contribution in [3.63, 3.8) is 0 Å². The van der Waals surface area contributed by atoms with Crippen molar-refractivity contribution >= 4 is 17.5 Å². The number of benzene rings is 1. The van der Waals surface area contributed by atoms with Gasteiger partial charge in [-0.15, -0.1) is 0 Å². The van der Waals surface area contributed by atoms with Gasteiger partial charge in [0.2, 0.25) is 5.91 Å². The Morgan fingerprint density at radius 3 is 2.36 bits per heavy atom. The Kier molecular flexibility index (Phi) is 3.92. The quantitative estimate of drug-likeness (QED) is 0.780. The summed E-state index contributed by atoms with van der Waals surface area (Å²) in [6.45, 7) is 0.276. The van der Waals surface area contributed by atoms with E-state index in [9.17, 15) is 4.79 Å². The third-order valence-corrected chi connectivity index (χ3v) is 2.33. The molecule has 14 heavy (non-hydrogen) atoms. The summed E-state index contributed by atoms with van der Waals surface area (Å²) in [5.74, 6) is -0.654. The minimum Gasteiger partial charge on any atom is -0.369 e. The summed E-state index contributed by atoms with van der Waals surface area (Å²) in [6, 6.07) is 7.30. The Morgan fingerprint density at radius 2 is 1.93 bits per heavy atom. The number of amides is 1. The van der Waals surface area contributed by atoms with E-state index in [2.05, 4.69) is 0 Å². The average Bonchev–Trinajstić information content (AvgIpc) is 2.16. The molecule has 0 heterocycles. The molecule has 4 heteroatoms. The molecule has 1 atom stereocenters. The van der Waals surface area contributed by atoms with E-state index in [4.69, 9.17) is 23.1 Å². The maximum atomic E-state index is 10.9. The van der Waals surface area contributed by atoms with Crippen LogP contribution in [-0.2, 0) is 11.2 Å². The fourth-order valence-corrected chi connectivity index (χ4v) is 1.33. The summed E-state index contributed by atoms with van der Waals surface area (Å²) < 4.78 is 0. The summed E-state index contributed by atoms with van der Waals surface area (Å²) in [6.07, 6.45) is 0.572. The predicted molar refractivity (Wildman–Crippen MR) is 56.9 cm³/mol. The number of halogens is 1. The Balaban J connectivity index is 2.67. The molecular weight excluding hydrogens is 200 g/mol. The number of carbonyl (C=O) groups is 1. The Bertz CT molecular complexity index is 310. The van der Waals surface area contributed by atoms with Gasteiger partial charge in [-0.25, -0.2) is 0 Å². The number of hydrogen-bond acceptors (Lipinski definition) is 2. The van der Waals surface area contributed by atoms with Crippen molar-refractivity contribution in [2.75, 3.05) is 6.54 Å². The normalized spacial score (nSPS) is 12.4. The summed E-state index contributed by atoms with van der Waals surface area (Å²) >= 11 is 5.73. The Labute approximate surface area is 88.0 Å². The van der Waals surface area contributed by atoms with Crippen LogP contribution in [-0.4, -0.2) is 12.5 Å². The summed E-state index contributed by atoms with van der Waals surface area (Å²) in [5.41, 5.74) is 11.6. The number of rotatable bonds is 4. The largest absolute Gasteiger partial charge is 0.369 e. The first kappa shape index (κ1) is 11.0. The molecule has 0 aromatic heterocycles. The van der Waals surface area contributed by atoms with E-state index >= 15 is 0 Å². The fourth-order valence-electron chi connectivity index (χ4n) is 1.21. The second-order valence-electron chi connectivity index (χ2n) is 3.17. The number of primary amides is 1. The van der Waals surface area contributed by atoms with Crippen LogP contribution in [0.1, 0.15) is 5.56 Å². The predicted octanol–water partition coefficient (Wildman–Crippen LogP) is 0.943. The first-order valence-corrected chi connectivity index (χ1v) is 4.75. The zero-order valence-corrected chi connectivity index (χ0v) is 8.50. The molecule has 0 fully saturated rings. The van der Waals surface area contributed by atoms with Crippen molar-refractivity contribution in [1.82, 2.24) is 0 Å². The molecule has 0 spiro atoms. The van der Waals surface area contributed by atoms with Gasteiger partial charge >= 0.3 is 0 Å². The van der Waals surface area contributed by atoms with Crippen LogP contribution in [0, 0.1) is 5.92 Å². The minimum atomic E-state index is -0.359. The monoisotopic (exact) mass is 212 g/mol. The first-order chi connectivity index (χ1) is 6.63. The molecule has 1 aromatic carbocycles. The zero-order valence-electron chi connectivity index (χ0n) is 7.74. The molecule has 1 unspecified atom stereocenters. The number of nitrogens with two attached hydrogens (primary N) is 2. The molecule has 0 aliphatic heterocycles. The van der Waals surface area contributed by atoms with Gasteiger partial charge in [0.25, 0.3) is 0 Å². The third-order valence-electron chi connectivity index (χ3n) is 2.08. The molecule has 4 N–H and O–H groups in total. The molecule has 0 saturated carbocycles. The smallest absolute Gasteiger partial charge is 0.222 e. The van der Waals surface area contributed by atoms with Crippen molar-refractivity contribution < 1.29 is 4.79 Å². The third kappa shape index (κ3) is 3.01. The highest BCUT2D eigenvalue weighted by molar-refractivity contribution is 6.30. The van der Waals surface area contributed by atoms with Gasteiger partial charge in [-0.2, -0.15) is 0 Å². The average molecular weight is 213 g/mol. The van der Waals surface area contributed by atoms with E-state index in [0.717, 1.165) is 5.56 Å². The van der Waals surface area contributed by atoms with Crippen LogP contribution in [0.5, 0.6) is 0 Å². The van der Waals surface area contributed by atoms with Gasteiger partial charge in [-0.1, -0.05) is 23.7 Å². The van der Waals surface area contributed by atoms with Crippen LogP contribution >= 0.6 is 11.6 Å². The van der Waals surface area contributed by atoms with Crippen LogP contribution in [0.2, 0.25) is 5.02 Å². The summed E-state index contributed by atoms with van der Waals surface area (Å²) in [5, 5.41) is 0.678. The van der Waals surface area contributed by atoms with E-state index in [1.54, 1.807) is 12.1 Å². The zero-order chi connectivity index (χ0) is 10.6.